The lowest BCUT2D eigenvalue weighted by molar-refractivity contribution is -0.143. The molecule has 0 unspecified atom stereocenters. The number of benzene rings is 1. The highest BCUT2D eigenvalue weighted by Gasteiger charge is 2.34. The van der Waals surface area contributed by atoms with E-state index in [1.54, 1.807) is 13.0 Å². The maximum Gasteiger partial charge on any atom is 0.416 e. The molecule has 0 saturated heterocycles. The fraction of sp³-hybridized carbons (Fsp3) is 0.333. The van der Waals surface area contributed by atoms with Crippen LogP contribution >= 0.6 is 11.6 Å². The molecule has 0 atom stereocenters. The zero-order valence-electron chi connectivity index (χ0n) is 9.84. The van der Waals surface area contributed by atoms with Gasteiger partial charge in [0.05, 0.1) is 29.2 Å². The van der Waals surface area contributed by atoms with Crippen molar-refractivity contribution in [2.24, 2.45) is 0 Å². The molecule has 0 radical (unpaired) electrons. The molecule has 0 bridgehead atoms. The molecule has 0 aliphatic rings. The summed E-state index contributed by atoms with van der Waals surface area (Å²) in [5.74, 6) is -0.784. The van der Waals surface area contributed by atoms with Crippen LogP contribution in [0.25, 0.3) is 0 Å². The Hall–Kier alpha value is -1.74. The third-order valence-electron chi connectivity index (χ3n) is 2.26. The minimum atomic E-state index is -4.67. The molecule has 0 N–H and O–H groups in total. The third kappa shape index (κ3) is 3.86. The van der Waals surface area contributed by atoms with Crippen molar-refractivity contribution in [1.29, 1.82) is 5.26 Å². The van der Waals surface area contributed by atoms with Crippen LogP contribution < -0.4 is 0 Å². The normalized spacial score (nSPS) is 10.9. The van der Waals surface area contributed by atoms with E-state index in [0.717, 1.165) is 6.07 Å². The molecule has 0 amide bonds. The summed E-state index contributed by atoms with van der Waals surface area (Å²) in [5.41, 5.74) is -1.65. The molecule has 0 heterocycles. The first-order valence-electron chi connectivity index (χ1n) is 5.25. The van der Waals surface area contributed by atoms with Gasteiger partial charge in [-0.25, -0.2) is 0 Å². The van der Waals surface area contributed by atoms with Gasteiger partial charge in [0.15, 0.2) is 0 Å². The van der Waals surface area contributed by atoms with Gasteiger partial charge in [0.2, 0.25) is 0 Å². The summed E-state index contributed by atoms with van der Waals surface area (Å²) < 4.78 is 43.1. The predicted molar refractivity (Wildman–Crippen MR) is 61.5 cm³/mol. The van der Waals surface area contributed by atoms with Gasteiger partial charge in [0, 0.05) is 0 Å². The molecule has 0 aromatic heterocycles. The van der Waals surface area contributed by atoms with Crippen molar-refractivity contribution in [3.05, 3.63) is 33.8 Å². The second-order valence-corrected chi connectivity index (χ2v) is 3.99. The molecular formula is C12H9ClF3NO2. The summed E-state index contributed by atoms with van der Waals surface area (Å²) in [7, 11) is 0. The van der Waals surface area contributed by atoms with Crippen molar-refractivity contribution in [2.45, 2.75) is 19.5 Å². The molecule has 1 aromatic rings. The summed E-state index contributed by atoms with van der Waals surface area (Å²) in [6, 6.07) is 3.17. The lowest BCUT2D eigenvalue weighted by atomic mass is 10.0. The number of rotatable bonds is 3. The molecule has 1 aromatic carbocycles. The summed E-state index contributed by atoms with van der Waals surface area (Å²) in [6.07, 6.45) is -5.22. The van der Waals surface area contributed by atoms with Crippen LogP contribution in [0.15, 0.2) is 12.1 Å². The maximum atomic E-state index is 12.8. The molecule has 102 valence electrons. The summed E-state index contributed by atoms with van der Waals surface area (Å²) in [5, 5.41) is 8.54. The van der Waals surface area contributed by atoms with Crippen LogP contribution in [0.3, 0.4) is 0 Å². The number of esters is 1. The molecule has 0 fully saturated rings. The van der Waals surface area contributed by atoms with E-state index in [-0.39, 0.29) is 22.8 Å². The van der Waals surface area contributed by atoms with E-state index in [1.165, 1.54) is 0 Å². The van der Waals surface area contributed by atoms with E-state index in [0.29, 0.717) is 6.07 Å². The number of carbonyl (C=O) groups is 1. The van der Waals surface area contributed by atoms with E-state index in [4.69, 9.17) is 16.9 Å². The minimum absolute atomic E-state index is 0.0736. The van der Waals surface area contributed by atoms with Crippen molar-refractivity contribution >= 4 is 17.6 Å². The number of alkyl halides is 3. The van der Waals surface area contributed by atoms with Crippen LogP contribution in [0.1, 0.15) is 23.6 Å². The Morgan fingerprint density at radius 2 is 2.11 bits per heavy atom. The smallest absolute Gasteiger partial charge is 0.416 e. The second kappa shape index (κ2) is 5.93. The average Bonchev–Trinajstić information content (AvgIpc) is 2.27. The van der Waals surface area contributed by atoms with Crippen LogP contribution in [-0.2, 0) is 22.1 Å². The van der Waals surface area contributed by atoms with E-state index < -0.39 is 24.1 Å². The topological polar surface area (TPSA) is 50.1 Å². The van der Waals surface area contributed by atoms with Gasteiger partial charge < -0.3 is 4.74 Å². The monoisotopic (exact) mass is 291 g/mol. The Balaban J connectivity index is 3.26. The Morgan fingerprint density at radius 1 is 1.47 bits per heavy atom. The van der Waals surface area contributed by atoms with Crippen LogP contribution in [0, 0.1) is 11.3 Å². The SMILES string of the molecule is CCOC(=O)Cc1cc(Cl)c(C#N)cc1C(F)(F)F. The molecule has 3 nitrogen and oxygen atoms in total. The zero-order valence-corrected chi connectivity index (χ0v) is 10.6. The van der Waals surface area contributed by atoms with Gasteiger partial charge in [-0.2, -0.15) is 18.4 Å². The van der Waals surface area contributed by atoms with Crippen molar-refractivity contribution in [1.82, 2.24) is 0 Å². The first-order chi connectivity index (χ1) is 8.79. The third-order valence-corrected chi connectivity index (χ3v) is 2.57. The molecule has 0 aliphatic heterocycles. The predicted octanol–water partition coefficient (Wildman–Crippen LogP) is 3.34. The van der Waals surface area contributed by atoms with Crippen LogP contribution in [-0.4, -0.2) is 12.6 Å². The number of ether oxygens (including phenoxy) is 1. The van der Waals surface area contributed by atoms with Gasteiger partial charge in [0.1, 0.15) is 6.07 Å². The number of carbonyl (C=O) groups excluding carboxylic acids is 1. The number of hydrogen-bond donors (Lipinski definition) is 0. The molecule has 0 saturated carbocycles. The second-order valence-electron chi connectivity index (χ2n) is 3.58. The number of nitrogens with zero attached hydrogens (tertiary/aromatic N) is 1. The Morgan fingerprint density at radius 3 is 2.58 bits per heavy atom. The Bertz CT molecular complexity index is 535. The lowest BCUT2D eigenvalue weighted by Gasteiger charge is -2.13. The summed E-state index contributed by atoms with van der Waals surface area (Å²) in [4.78, 5) is 11.3. The summed E-state index contributed by atoms with van der Waals surface area (Å²) >= 11 is 5.67. The molecular weight excluding hydrogens is 283 g/mol. The Labute approximate surface area is 112 Å². The highest BCUT2D eigenvalue weighted by molar-refractivity contribution is 6.31. The van der Waals surface area contributed by atoms with Gasteiger partial charge in [-0.1, -0.05) is 11.6 Å². The zero-order chi connectivity index (χ0) is 14.6. The van der Waals surface area contributed by atoms with Gasteiger partial charge in [0.25, 0.3) is 0 Å². The highest BCUT2D eigenvalue weighted by atomic mass is 35.5. The maximum absolute atomic E-state index is 12.8. The van der Waals surface area contributed by atoms with E-state index in [1.807, 2.05) is 0 Å². The van der Waals surface area contributed by atoms with Crippen LogP contribution in [0.2, 0.25) is 5.02 Å². The van der Waals surface area contributed by atoms with E-state index >= 15 is 0 Å². The minimum Gasteiger partial charge on any atom is -0.466 e. The van der Waals surface area contributed by atoms with Gasteiger partial charge in [-0.15, -0.1) is 0 Å². The summed E-state index contributed by atoms with van der Waals surface area (Å²) in [6.45, 7) is 1.62. The largest absolute Gasteiger partial charge is 0.466 e. The lowest BCUT2D eigenvalue weighted by Crippen LogP contribution is -2.15. The molecule has 0 spiro atoms. The standard InChI is InChI=1S/C12H9ClF3NO2/c1-2-19-11(18)5-7-4-10(13)8(6-17)3-9(7)12(14,15)16/h3-4H,2,5H2,1H3. The average molecular weight is 292 g/mol. The fourth-order valence-corrected chi connectivity index (χ4v) is 1.71. The molecule has 19 heavy (non-hydrogen) atoms. The first-order valence-corrected chi connectivity index (χ1v) is 5.62. The van der Waals surface area contributed by atoms with Gasteiger partial charge in [-0.3, -0.25) is 4.79 Å². The van der Waals surface area contributed by atoms with Crippen LogP contribution in [0.5, 0.6) is 0 Å². The quantitative estimate of drug-likeness (QED) is 0.803. The number of halogens is 4. The molecule has 0 aliphatic carbocycles. The number of nitriles is 1. The van der Waals surface area contributed by atoms with Gasteiger partial charge >= 0.3 is 12.1 Å². The molecule has 1 rings (SSSR count). The van der Waals surface area contributed by atoms with Gasteiger partial charge in [-0.05, 0) is 24.6 Å². The van der Waals surface area contributed by atoms with Crippen molar-refractivity contribution in [2.75, 3.05) is 6.61 Å². The molecule has 7 heteroatoms. The van der Waals surface area contributed by atoms with E-state index in [9.17, 15) is 18.0 Å². The van der Waals surface area contributed by atoms with Crippen molar-refractivity contribution < 1.29 is 22.7 Å². The Kier molecular flexibility index (Phi) is 4.78. The number of hydrogen-bond acceptors (Lipinski definition) is 3. The van der Waals surface area contributed by atoms with Crippen molar-refractivity contribution in [3.8, 4) is 6.07 Å². The highest BCUT2D eigenvalue weighted by Crippen LogP contribution is 2.35. The van der Waals surface area contributed by atoms with Crippen molar-refractivity contribution in [3.63, 3.8) is 0 Å². The van der Waals surface area contributed by atoms with E-state index in [2.05, 4.69) is 4.74 Å². The fourth-order valence-electron chi connectivity index (χ4n) is 1.48. The first kappa shape index (κ1) is 15.3. The van der Waals surface area contributed by atoms with Crippen LogP contribution in [0.4, 0.5) is 13.2 Å².